The summed E-state index contributed by atoms with van der Waals surface area (Å²) < 4.78 is 14.3. The van der Waals surface area contributed by atoms with E-state index in [-0.39, 0.29) is 17.9 Å². The summed E-state index contributed by atoms with van der Waals surface area (Å²) in [5.41, 5.74) is 0.642. The van der Waals surface area contributed by atoms with E-state index in [4.69, 9.17) is 9.47 Å². The Morgan fingerprint density at radius 1 is 1.13 bits per heavy atom. The van der Waals surface area contributed by atoms with Crippen LogP contribution in [0.5, 0.6) is 0 Å². The molecule has 0 saturated heterocycles. The number of carbonyl (C=O) groups excluding carboxylic acids is 2. The molecule has 4 aromatic rings. The lowest BCUT2D eigenvalue weighted by Crippen LogP contribution is -2.30. The summed E-state index contributed by atoms with van der Waals surface area (Å²) in [5, 5.41) is 10.0. The molecule has 0 spiro atoms. The van der Waals surface area contributed by atoms with Gasteiger partial charge in [-0.3, -0.25) is 19.3 Å². The summed E-state index contributed by atoms with van der Waals surface area (Å²) in [6.07, 6.45) is 3.88. The van der Waals surface area contributed by atoms with Gasteiger partial charge in [0.05, 0.1) is 34.2 Å². The minimum absolute atomic E-state index is 0.0319. The molecule has 0 atom stereocenters. The van der Waals surface area contributed by atoms with Crippen molar-refractivity contribution in [3.63, 3.8) is 0 Å². The van der Waals surface area contributed by atoms with Gasteiger partial charge in [0.1, 0.15) is 12.3 Å². The van der Waals surface area contributed by atoms with Gasteiger partial charge in [0.25, 0.3) is 11.5 Å². The molecule has 11 heteroatoms. The van der Waals surface area contributed by atoms with Gasteiger partial charge in [0, 0.05) is 32.5 Å². The molecule has 4 rings (SSSR count). The van der Waals surface area contributed by atoms with E-state index in [2.05, 4.69) is 35.2 Å². The normalized spacial score (nSPS) is 12.1. The maximum Gasteiger partial charge on any atom is 0.419 e. The number of amides is 1. The number of hydrogen-bond acceptors (Lipinski definition) is 6. The first kappa shape index (κ1) is 28.1. The average Bonchev–Trinajstić information content (AvgIpc) is 3.48. The summed E-state index contributed by atoms with van der Waals surface area (Å²) in [4.78, 5) is 40.3. The quantitative estimate of drug-likeness (QED) is 0.220. The summed E-state index contributed by atoms with van der Waals surface area (Å²) in [5.74, 6) is -0.437. The second-order valence-electron chi connectivity index (χ2n) is 11.6. The van der Waals surface area contributed by atoms with Gasteiger partial charge in [0.15, 0.2) is 0 Å². The van der Waals surface area contributed by atoms with Crippen molar-refractivity contribution in [3.8, 4) is 11.3 Å². The highest BCUT2D eigenvalue weighted by molar-refractivity contribution is 6.76. The zero-order valence-electron chi connectivity index (χ0n) is 23.2. The molecule has 0 unspecified atom stereocenters. The predicted molar refractivity (Wildman–Crippen MR) is 154 cm³/mol. The molecule has 1 amide bonds. The number of fused-ring (bicyclic) bond motifs is 1. The van der Waals surface area contributed by atoms with Crippen molar-refractivity contribution >= 4 is 36.7 Å². The summed E-state index contributed by atoms with van der Waals surface area (Å²) in [6, 6.07) is 11.5. The highest BCUT2D eigenvalue weighted by Crippen LogP contribution is 2.28. The zero-order valence-corrected chi connectivity index (χ0v) is 24.2. The van der Waals surface area contributed by atoms with Gasteiger partial charge in [-0.05, 0) is 45.0 Å². The fraction of sp³-hybridized carbons (Fsp3) is 0.357. The highest BCUT2D eigenvalue weighted by atomic mass is 28.3. The Labute approximate surface area is 227 Å². The van der Waals surface area contributed by atoms with E-state index in [0.29, 0.717) is 23.5 Å². The number of rotatable bonds is 8. The van der Waals surface area contributed by atoms with Crippen molar-refractivity contribution < 1.29 is 19.1 Å². The largest absolute Gasteiger partial charge is 0.443 e. The van der Waals surface area contributed by atoms with Crippen LogP contribution in [0.15, 0.2) is 59.8 Å². The van der Waals surface area contributed by atoms with Crippen molar-refractivity contribution in [1.29, 1.82) is 0 Å². The molecule has 3 heterocycles. The molecule has 0 aliphatic rings. The maximum atomic E-state index is 13.8. The number of para-hydroxylation sites is 1. The molecule has 2 N–H and O–H groups in total. The van der Waals surface area contributed by atoms with Gasteiger partial charge >= 0.3 is 6.09 Å². The minimum Gasteiger partial charge on any atom is -0.443 e. The maximum absolute atomic E-state index is 13.8. The van der Waals surface area contributed by atoms with Crippen LogP contribution >= 0.6 is 0 Å². The van der Waals surface area contributed by atoms with Crippen LogP contribution in [0, 0.1) is 0 Å². The van der Waals surface area contributed by atoms with Crippen LogP contribution in [-0.4, -0.2) is 51.6 Å². The molecule has 10 nitrogen and oxygen atoms in total. The van der Waals surface area contributed by atoms with E-state index in [9.17, 15) is 14.4 Å². The van der Waals surface area contributed by atoms with Crippen LogP contribution < -0.4 is 10.9 Å². The van der Waals surface area contributed by atoms with E-state index in [1.807, 2.05) is 18.2 Å². The lowest BCUT2D eigenvalue weighted by atomic mass is 10.1. The number of hydrogen-bond donors (Lipinski definition) is 2. The number of pyridine rings is 1. The molecule has 0 radical (unpaired) electrons. The third-order valence-corrected chi connectivity index (χ3v) is 7.60. The fourth-order valence-corrected chi connectivity index (χ4v) is 4.72. The van der Waals surface area contributed by atoms with Crippen LogP contribution in [0.25, 0.3) is 22.2 Å². The number of aromatic amines is 1. The van der Waals surface area contributed by atoms with Gasteiger partial charge in [-0.15, -0.1) is 0 Å². The smallest absolute Gasteiger partial charge is 0.419 e. The number of nitrogens with zero attached hydrogens (tertiary/aromatic N) is 3. The van der Waals surface area contributed by atoms with Crippen molar-refractivity contribution in [1.82, 2.24) is 19.3 Å². The second-order valence-corrected chi connectivity index (χ2v) is 17.2. The molecule has 0 saturated carbocycles. The summed E-state index contributed by atoms with van der Waals surface area (Å²) in [6.45, 7) is 12.5. The van der Waals surface area contributed by atoms with Gasteiger partial charge in [0.2, 0.25) is 0 Å². The SMILES string of the molecule is CC(C)(C)OC(=O)n1c(-c2cc(C(=O)Nc3cn[nH]c3)cn(COCC[Si](C)(C)C)c2=O)cc2ccccc21. The molecular weight excluding hydrogens is 514 g/mol. The van der Waals surface area contributed by atoms with Crippen LogP contribution in [0.2, 0.25) is 25.7 Å². The van der Waals surface area contributed by atoms with E-state index < -0.39 is 31.2 Å². The van der Waals surface area contributed by atoms with E-state index in [1.165, 1.54) is 27.6 Å². The third kappa shape index (κ3) is 6.92. The number of ether oxygens (including phenoxy) is 2. The molecule has 0 fully saturated rings. The monoisotopic (exact) mass is 549 g/mol. The van der Waals surface area contributed by atoms with Gasteiger partial charge in [-0.1, -0.05) is 37.8 Å². The van der Waals surface area contributed by atoms with Gasteiger partial charge in [-0.2, -0.15) is 5.10 Å². The van der Waals surface area contributed by atoms with E-state index in [1.54, 1.807) is 39.1 Å². The van der Waals surface area contributed by atoms with Crippen LogP contribution in [0.3, 0.4) is 0 Å². The zero-order chi connectivity index (χ0) is 28.4. The Kier molecular flexibility index (Phi) is 7.93. The first-order chi connectivity index (χ1) is 18.3. The molecule has 0 aliphatic carbocycles. The number of anilines is 1. The molecule has 206 valence electrons. The van der Waals surface area contributed by atoms with Crippen LogP contribution in [0.4, 0.5) is 10.5 Å². The Morgan fingerprint density at radius 3 is 2.54 bits per heavy atom. The van der Waals surface area contributed by atoms with Crippen LogP contribution in [-0.2, 0) is 16.2 Å². The van der Waals surface area contributed by atoms with E-state index >= 15 is 0 Å². The van der Waals surface area contributed by atoms with Crippen molar-refractivity contribution in [2.45, 2.75) is 58.8 Å². The fourth-order valence-electron chi connectivity index (χ4n) is 3.96. The molecular formula is C28H35N5O5Si. The number of carbonyl (C=O) groups is 2. The van der Waals surface area contributed by atoms with Crippen molar-refractivity contribution in [2.24, 2.45) is 0 Å². The van der Waals surface area contributed by atoms with Crippen molar-refractivity contribution in [3.05, 3.63) is 70.9 Å². The summed E-state index contributed by atoms with van der Waals surface area (Å²) in [7, 11) is -1.34. The standard InChI is InChI=1S/C28H35N5O5Si/c1-28(2,3)38-27(36)33-23-10-8-7-9-19(23)14-24(33)22-13-20(25(34)31-21-15-29-30-16-21)17-32(26(22)35)18-37-11-12-39(4,5)6/h7-10,13-17H,11-12,18H2,1-6H3,(H,29,30)(H,31,34). The van der Waals surface area contributed by atoms with Gasteiger partial charge in [-0.25, -0.2) is 9.36 Å². The van der Waals surface area contributed by atoms with Gasteiger partial charge < -0.3 is 14.8 Å². The first-order valence-corrected chi connectivity index (χ1v) is 16.5. The predicted octanol–water partition coefficient (Wildman–Crippen LogP) is 5.54. The van der Waals surface area contributed by atoms with E-state index in [0.717, 1.165) is 11.4 Å². The Bertz CT molecular complexity index is 1540. The summed E-state index contributed by atoms with van der Waals surface area (Å²) >= 11 is 0. The molecule has 3 aromatic heterocycles. The third-order valence-electron chi connectivity index (χ3n) is 5.89. The number of benzene rings is 1. The first-order valence-electron chi connectivity index (χ1n) is 12.8. The average molecular weight is 550 g/mol. The minimum atomic E-state index is -1.34. The Balaban J connectivity index is 1.83. The number of H-pyrrole nitrogens is 1. The second kappa shape index (κ2) is 11.0. The lowest BCUT2D eigenvalue weighted by Gasteiger charge is -2.21. The number of aromatic nitrogens is 4. The van der Waals surface area contributed by atoms with Crippen LogP contribution in [0.1, 0.15) is 31.1 Å². The molecule has 39 heavy (non-hydrogen) atoms. The molecule has 0 bridgehead atoms. The topological polar surface area (TPSA) is 120 Å². The lowest BCUT2D eigenvalue weighted by molar-refractivity contribution is 0.0547. The Hall–Kier alpha value is -3.96. The highest BCUT2D eigenvalue weighted by Gasteiger charge is 2.25. The Morgan fingerprint density at radius 2 is 1.87 bits per heavy atom. The van der Waals surface area contributed by atoms with Crippen molar-refractivity contribution in [2.75, 3.05) is 11.9 Å². The number of nitrogens with one attached hydrogen (secondary N) is 2. The molecule has 0 aliphatic heterocycles. The molecule has 1 aromatic carbocycles.